The monoisotopic (exact) mass is 242 g/mol. The van der Waals surface area contributed by atoms with Crippen LogP contribution in [-0.4, -0.2) is 43.0 Å². The Morgan fingerprint density at radius 2 is 2.00 bits per heavy atom. The predicted octanol–water partition coefficient (Wildman–Crippen LogP) is 0.738. The van der Waals surface area contributed by atoms with E-state index in [4.69, 9.17) is 14.2 Å². The highest BCUT2D eigenvalue weighted by Gasteiger charge is 2.33. The standard InChI is InChI=1S/C11H18N2O4/c1-5-11(14,7-15-2)9-10(17-4)13-8(16-3)6-12-9/h6,14H,5,7H2,1-4H3. The van der Waals surface area contributed by atoms with Crippen molar-refractivity contribution in [3.05, 3.63) is 11.9 Å². The van der Waals surface area contributed by atoms with Crippen LogP contribution in [0.15, 0.2) is 6.20 Å². The van der Waals surface area contributed by atoms with Crippen LogP contribution in [-0.2, 0) is 10.3 Å². The van der Waals surface area contributed by atoms with Gasteiger partial charge < -0.3 is 19.3 Å². The van der Waals surface area contributed by atoms with Crippen LogP contribution in [0.3, 0.4) is 0 Å². The van der Waals surface area contributed by atoms with Crippen molar-refractivity contribution in [3.8, 4) is 11.8 Å². The van der Waals surface area contributed by atoms with Gasteiger partial charge in [0, 0.05) is 7.11 Å². The summed E-state index contributed by atoms with van der Waals surface area (Å²) in [6, 6.07) is 0. The Labute approximate surface area is 101 Å². The van der Waals surface area contributed by atoms with Gasteiger partial charge in [-0.3, -0.25) is 0 Å². The third kappa shape index (κ3) is 2.83. The highest BCUT2D eigenvalue weighted by atomic mass is 16.5. The first-order chi connectivity index (χ1) is 8.11. The molecule has 1 unspecified atom stereocenters. The van der Waals surface area contributed by atoms with Crippen molar-refractivity contribution in [3.63, 3.8) is 0 Å². The normalized spacial score (nSPS) is 14.2. The van der Waals surface area contributed by atoms with Gasteiger partial charge in [-0.1, -0.05) is 6.92 Å². The van der Waals surface area contributed by atoms with Gasteiger partial charge in [0.2, 0.25) is 11.8 Å². The van der Waals surface area contributed by atoms with Crippen LogP contribution in [0.4, 0.5) is 0 Å². The first-order valence-corrected chi connectivity index (χ1v) is 5.28. The summed E-state index contributed by atoms with van der Waals surface area (Å²) in [5, 5.41) is 10.4. The first-order valence-electron chi connectivity index (χ1n) is 5.28. The van der Waals surface area contributed by atoms with Gasteiger partial charge in [-0.15, -0.1) is 0 Å². The van der Waals surface area contributed by atoms with E-state index in [9.17, 15) is 5.11 Å². The molecule has 0 amide bonds. The zero-order chi connectivity index (χ0) is 12.9. The number of methoxy groups -OCH3 is 3. The van der Waals surface area contributed by atoms with Crippen molar-refractivity contribution in [2.75, 3.05) is 27.9 Å². The van der Waals surface area contributed by atoms with E-state index in [0.717, 1.165) is 0 Å². The molecular formula is C11H18N2O4. The third-order valence-corrected chi connectivity index (χ3v) is 2.53. The maximum absolute atomic E-state index is 10.4. The van der Waals surface area contributed by atoms with Gasteiger partial charge in [0.15, 0.2) is 0 Å². The maximum Gasteiger partial charge on any atom is 0.241 e. The average molecular weight is 242 g/mol. The number of hydrogen-bond donors (Lipinski definition) is 1. The fourth-order valence-electron chi connectivity index (χ4n) is 1.49. The topological polar surface area (TPSA) is 73.7 Å². The molecule has 0 saturated carbocycles. The summed E-state index contributed by atoms with van der Waals surface area (Å²) >= 11 is 0. The maximum atomic E-state index is 10.4. The zero-order valence-corrected chi connectivity index (χ0v) is 10.6. The molecule has 1 aromatic rings. The smallest absolute Gasteiger partial charge is 0.241 e. The lowest BCUT2D eigenvalue weighted by Crippen LogP contribution is -2.32. The van der Waals surface area contributed by atoms with Crippen molar-refractivity contribution in [2.24, 2.45) is 0 Å². The van der Waals surface area contributed by atoms with Gasteiger partial charge in [-0.25, -0.2) is 4.98 Å². The van der Waals surface area contributed by atoms with Crippen LogP contribution >= 0.6 is 0 Å². The van der Waals surface area contributed by atoms with Crippen molar-refractivity contribution in [1.29, 1.82) is 0 Å². The van der Waals surface area contributed by atoms with Crippen LogP contribution < -0.4 is 9.47 Å². The van der Waals surface area contributed by atoms with Crippen molar-refractivity contribution in [2.45, 2.75) is 18.9 Å². The molecule has 1 N–H and O–H groups in total. The molecule has 0 aromatic carbocycles. The van der Waals surface area contributed by atoms with E-state index < -0.39 is 5.60 Å². The summed E-state index contributed by atoms with van der Waals surface area (Å²) in [7, 11) is 4.48. The van der Waals surface area contributed by atoms with Gasteiger partial charge in [0.1, 0.15) is 11.3 Å². The lowest BCUT2D eigenvalue weighted by molar-refractivity contribution is -0.0437. The molecule has 17 heavy (non-hydrogen) atoms. The van der Waals surface area contributed by atoms with E-state index in [-0.39, 0.29) is 12.5 Å². The lowest BCUT2D eigenvalue weighted by atomic mass is 9.97. The second kappa shape index (κ2) is 5.79. The molecule has 0 saturated heterocycles. The van der Waals surface area contributed by atoms with Gasteiger partial charge in [-0.2, -0.15) is 4.98 Å². The van der Waals surface area contributed by atoms with Crippen LogP contribution in [0, 0.1) is 0 Å². The van der Waals surface area contributed by atoms with E-state index in [1.165, 1.54) is 27.5 Å². The van der Waals surface area contributed by atoms with Crippen molar-refractivity contribution < 1.29 is 19.3 Å². The Morgan fingerprint density at radius 3 is 2.47 bits per heavy atom. The van der Waals surface area contributed by atoms with E-state index in [0.29, 0.717) is 18.0 Å². The fourth-order valence-corrected chi connectivity index (χ4v) is 1.49. The minimum Gasteiger partial charge on any atom is -0.480 e. The van der Waals surface area contributed by atoms with Gasteiger partial charge in [-0.05, 0) is 6.42 Å². The molecule has 0 radical (unpaired) electrons. The quantitative estimate of drug-likeness (QED) is 0.793. The Bertz CT molecular complexity index is 372. The Morgan fingerprint density at radius 1 is 1.29 bits per heavy atom. The molecule has 1 heterocycles. The zero-order valence-electron chi connectivity index (χ0n) is 10.6. The highest BCUT2D eigenvalue weighted by molar-refractivity contribution is 5.28. The summed E-state index contributed by atoms with van der Waals surface area (Å²) in [5.41, 5.74) is -0.857. The molecule has 6 nitrogen and oxygen atoms in total. The number of hydrogen-bond acceptors (Lipinski definition) is 6. The molecule has 0 aliphatic rings. The number of aliphatic hydroxyl groups is 1. The van der Waals surface area contributed by atoms with E-state index in [2.05, 4.69) is 9.97 Å². The number of rotatable bonds is 6. The van der Waals surface area contributed by atoms with Crippen LogP contribution in [0.2, 0.25) is 0 Å². The summed E-state index contributed by atoms with van der Waals surface area (Å²) in [6.07, 6.45) is 1.88. The van der Waals surface area contributed by atoms with Crippen molar-refractivity contribution >= 4 is 0 Å². The second-order valence-electron chi connectivity index (χ2n) is 3.59. The van der Waals surface area contributed by atoms with Crippen LogP contribution in [0.25, 0.3) is 0 Å². The fraction of sp³-hybridized carbons (Fsp3) is 0.636. The summed E-state index contributed by atoms with van der Waals surface area (Å²) in [5.74, 6) is 0.576. The van der Waals surface area contributed by atoms with Crippen LogP contribution in [0.1, 0.15) is 19.0 Å². The van der Waals surface area contributed by atoms with Gasteiger partial charge in [0.25, 0.3) is 0 Å². The molecule has 1 aromatic heterocycles. The Hall–Kier alpha value is -1.40. The molecule has 0 aliphatic heterocycles. The van der Waals surface area contributed by atoms with Gasteiger partial charge >= 0.3 is 0 Å². The van der Waals surface area contributed by atoms with Gasteiger partial charge in [0.05, 0.1) is 27.0 Å². The molecular weight excluding hydrogens is 224 g/mol. The van der Waals surface area contributed by atoms with Crippen molar-refractivity contribution in [1.82, 2.24) is 9.97 Å². The Balaban J connectivity index is 3.19. The average Bonchev–Trinajstić information content (AvgIpc) is 2.38. The predicted molar refractivity (Wildman–Crippen MR) is 61.2 cm³/mol. The number of nitrogens with zero attached hydrogens (tertiary/aromatic N) is 2. The molecule has 0 spiro atoms. The highest BCUT2D eigenvalue weighted by Crippen LogP contribution is 2.30. The minimum absolute atomic E-state index is 0.126. The van der Waals surface area contributed by atoms with E-state index in [1.807, 2.05) is 6.92 Å². The largest absolute Gasteiger partial charge is 0.480 e. The summed E-state index contributed by atoms with van der Waals surface area (Å²) in [4.78, 5) is 8.22. The van der Waals surface area contributed by atoms with E-state index in [1.54, 1.807) is 0 Å². The SMILES string of the molecule is CCC(O)(COC)c1ncc(OC)nc1OC. The molecule has 96 valence electrons. The van der Waals surface area contributed by atoms with Crippen LogP contribution in [0.5, 0.6) is 11.8 Å². The molecule has 0 aliphatic carbocycles. The molecule has 1 atom stereocenters. The number of ether oxygens (including phenoxy) is 3. The molecule has 0 bridgehead atoms. The molecule has 0 fully saturated rings. The van der Waals surface area contributed by atoms with E-state index >= 15 is 0 Å². The molecule has 6 heteroatoms. The third-order valence-electron chi connectivity index (χ3n) is 2.53. The minimum atomic E-state index is -1.21. The first kappa shape index (κ1) is 13.7. The lowest BCUT2D eigenvalue weighted by Gasteiger charge is -2.26. The number of aromatic nitrogens is 2. The summed E-state index contributed by atoms with van der Waals surface area (Å²) in [6.45, 7) is 1.96. The molecule has 1 rings (SSSR count). The summed E-state index contributed by atoms with van der Waals surface area (Å²) < 4.78 is 15.1. The Kier molecular flexibility index (Phi) is 4.65. The second-order valence-corrected chi connectivity index (χ2v) is 3.59.